The molecule has 0 aliphatic carbocycles. The fraction of sp³-hybridized carbons (Fsp3) is 0.375. The van der Waals surface area contributed by atoms with Gasteiger partial charge in [-0.1, -0.05) is 55.2 Å². The maximum Gasteiger partial charge on any atom is 0.282 e. The van der Waals surface area contributed by atoms with Gasteiger partial charge in [0.25, 0.3) is 5.56 Å². The van der Waals surface area contributed by atoms with Crippen molar-refractivity contribution in [3.05, 3.63) is 60.0 Å². The molecule has 0 saturated carbocycles. The standard InChI is InChI=1S/C24H26Br2ClN3O3/c1-7-13(2)33-21-18(32-6)10-14(19(26)20(21)27)12-28-30-22(31)16-11-15(25)8-9-17(16)29-23(30)24(3,4)5/h8-13H,7H2,1-6H3/t13-/m1/s1. The minimum Gasteiger partial charge on any atom is -0.493 e. The summed E-state index contributed by atoms with van der Waals surface area (Å²) in [6, 6.07) is 7.20. The van der Waals surface area contributed by atoms with Crippen LogP contribution in [0, 0.1) is 0 Å². The Morgan fingerprint density at radius 3 is 2.58 bits per heavy atom. The highest BCUT2D eigenvalue weighted by molar-refractivity contribution is 9.10. The van der Waals surface area contributed by atoms with Crippen molar-refractivity contribution in [1.82, 2.24) is 9.66 Å². The van der Waals surface area contributed by atoms with Gasteiger partial charge in [-0.25, -0.2) is 4.98 Å². The fourth-order valence-electron chi connectivity index (χ4n) is 3.11. The third-order valence-electron chi connectivity index (χ3n) is 5.06. The molecule has 9 heteroatoms. The second-order valence-electron chi connectivity index (χ2n) is 8.67. The summed E-state index contributed by atoms with van der Waals surface area (Å²) in [6.45, 7) is 9.96. The number of fused-ring (bicyclic) bond motifs is 1. The van der Waals surface area contributed by atoms with Crippen molar-refractivity contribution in [1.29, 1.82) is 0 Å². The van der Waals surface area contributed by atoms with Crippen molar-refractivity contribution >= 4 is 60.6 Å². The van der Waals surface area contributed by atoms with Gasteiger partial charge >= 0.3 is 0 Å². The van der Waals surface area contributed by atoms with E-state index in [0.717, 1.165) is 10.9 Å². The number of hydrogen-bond donors (Lipinski definition) is 0. The Morgan fingerprint density at radius 2 is 1.97 bits per heavy atom. The maximum absolute atomic E-state index is 13.4. The summed E-state index contributed by atoms with van der Waals surface area (Å²) in [4.78, 5) is 18.1. The summed E-state index contributed by atoms with van der Waals surface area (Å²) in [7, 11) is 1.55. The number of halogens is 3. The summed E-state index contributed by atoms with van der Waals surface area (Å²) in [6.07, 6.45) is 2.36. The van der Waals surface area contributed by atoms with E-state index < -0.39 is 5.41 Å². The second-order valence-corrected chi connectivity index (χ2v) is 10.8. The molecule has 0 fully saturated rings. The predicted molar refractivity (Wildman–Crippen MR) is 141 cm³/mol. The third kappa shape index (κ3) is 5.44. The Labute approximate surface area is 215 Å². The number of aromatic nitrogens is 2. The van der Waals surface area contributed by atoms with E-state index in [1.807, 2.05) is 46.8 Å². The molecule has 1 atom stereocenters. The lowest BCUT2D eigenvalue weighted by atomic mass is 9.95. The van der Waals surface area contributed by atoms with E-state index in [1.54, 1.807) is 25.5 Å². The van der Waals surface area contributed by atoms with Crippen LogP contribution in [0.2, 0.25) is 5.02 Å². The van der Waals surface area contributed by atoms with Gasteiger partial charge in [0.1, 0.15) is 10.8 Å². The fourth-order valence-corrected chi connectivity index (χ4v) is 4.11. The van der Waals surface area contributed by atoms with Gasteiger partial charge in [0.05, 0.1) is 30.3 Å². The van der Waals surface area contributed by atoms with E-state index in [-0.39, 0.29) is 11.7 Å². The van der Waals surface area contributed by atoms with Gasteiger partial charge in [0.15, 0.2) is 11.5 Å². The topological polar surface area (TPSA) is 65.7 Å². The van der Waals surface area contributed by atoms with Crippen molar-refractivity contribution in [2.45, 2.75) is 52.6 Å². The van der Waals surface area contributed by atoms with Gasteiger partial charge < -0.3 is 9.47 Å². The van der Waals surface area contributed by atoms with Crippen LogP contribution in [0.4, 0.5) is 0 Å². The first kappa shape index (κ1) is 25.7. The first-order valence-corrected chi connectivity index (χ1v) is 12.4. The molecule has 1 heterocycles. The zero-order chi connectivity index (χ0) is 24.5. The summed E-state index contributed by atoms with van der Waals surface area (Å²) in [5.74, 6) is 1.49. The van der Waals surface area contributed by atoms with Gasteiger partial charge in [0.2, 0.25) is 0 Å². The SMILES string of the molecule is CC[C@@H](C)Oc1c(OC)cc(C=Nn2c(C(C)(C)C)nc3ccc(Br)cc3c2=O)c(Br)c1Cl. The van der Waals surface area contributed by atoms with Gasteiger partial charge in [-0.2, -0.15) is 9.78 Å². The molecule has 3 aromatic rings. The molecule has 0 aliphatic heterocycles. The Hall–Kier alpha value is -1.90. The van der Waals surface area contributed by atoms with Crippen molar-refractivity contribution < 1.29 is 9.47 Å². The monoisotopic (exact) mass is 597 g/mol. The highest BCUT2D eigenvalue weighted by atomic mass is 79.9. The largest absolute Gasteiger partial charge is 0.493 e. The van der Waals surface area contributed by atoms with Crippen LogP contribution in [0.1, 0.15) is 52.4 Å². The van der Waals surface area contributed by atoms with Crippen LogP contribution in [-0.2, 0) is 5.41 Å². The lowest BCUT2D eigenvalue weighted by Gasteiger charge is -2.21. The Bertz CT molecular complexity index is 1280. The number of nitrogens with zero attached hydrogens (tertiary/aromatic N) is 3. The summed E-state index contributed by atoms with van der Waals surface area (Å²) in [5.41, 5.74) is 0.582. The summed E-state index contributed by atoms with van der Waals surface area (Å²) >= 11 is 13.6. The van der Waals surface area contributed by atoms with Gasteiger partial charge in [-0.15, -0.1) is 0 Å². The van der Waals surface area contributed by atoms with Crippen LogP contribution >= 0.6 is 43.5 Å². The molecule has 0 amide bonds. The van der Waals surface area contributed by atoms with E-state index in [4.69, 9.17) is 26.1 Å². The average Bonchev–Trinajstić information content (AvgIpc) is 2.76. The molecular formula is C24H26Br2ClN3O3. The molecular weight excluding hydrogens is 574 g/mol. The molecule has 0 aliphatic rings. The Kier molecular flexibility index (Phi) is 7.91. The first-order chi connectivity index (χ1) is 15.5. The molecule has 33 heavy (non-hydrogen) atoms. The van der Waals surface area contributed by atoms with Crippen molar-refractivity contribution in [3.63, 3.8) is 0 Å². The highest BCUT2D eigenvalue weighted by Crippen LogP contribution is 2.42. The van der Waals surface area contributed by atoms with Crippen LogP contribution in [0.25, 0.3) is 10.9 Å². The molecule has 0 spiro atoms. The molecule has 3 rings (SSSR count). The summed E-state index contributed by atoms with van der Waals surface area (Å²) in [5, 5.41) is 5.37. The first-order valence-electron chi connectivity index (χ1n) is 10.5. The van der Waals surface area contributed by atoms with Crippen molar-refractivity contribution in [2.24, 2.45) is 5.10 Å². The Morgan fingerprint density at radius 1 is 1.27 bits per heavy atom. The smallest absolute Gasteiger partial charge is 0.282 e. The van der Waals surface area contributed by atoms with Crippen LogP contribution in [0.5, 0.6) is 11.5 Å². The van der Waals surface area contributed by atoms with Gasteiger partial charge in [-0.3, -0.25) is 4.79 Å². The zero-order valence-corrected chi connectivity index (χ0v) is 23.3. The minimum atomic E-state index is -0.418. The molecule has 6 nitrogen and oxygen atoms in total. The van der Waals surface area contributed by atoms with Gasteiger partial charge in [0, 0.05) is 19.9 Å². The van der Waals surface area contributed by atoms with Crippen molar-refractivity contribution in [2.75, 3.05) is 7.11 Å². The molecule has 1 aromatic heterocycles. The third-order valence-corrected chi connectivity index (χ3v) is 7.00. The van der Waals surface area contributed by atoms with Crippen LogP contribution in [0.15, 0.2) is 43.1 Å². The predicted octanol–water partition coefficient (Wildman–Crippen LogP) is 6.94. The second kappa shape index (κ2) is 10.2. The van der Waals surface area contributed by atoms with Gasteiger partial charge in [-0.05, 0) is 53.5 Å². The van der Waals surface area contributed by atoms with E-state index in [0.29, 0.717) is 43.3 Å². The van der Waals surface area contributed by atoms with E-state index in [2.05, 4.69) is 37.0 Å². The summed E-state index contributed by atoms with van der Waals surface area (Å²) < 4.78 is 14.2. The Balaban J connectivity index is 2.19. The van der Waals surface area contributed by atoms with Crippen LogP contribution < -0.4 is 15.0 Å². The van der Waals surface area contributed by atoms with Crippen LogP contribution in [0.3, 0.4) is 0 Å². The van der Waals surface area contributed by atoms with Crippen molar-refractivity contribution in [3.8, 4) is 11.5 Å². The average molecular weight is 600 g/mol. The molecule has 176 valence electrons. The molecule has 0 radical (unpaired) electrons. The number of hydrogen-bond acceptors (Lipinski definition) is 5. The zero-order valence-electron chi connectivity index (χ0n) is 19.4. The quantitative estimate of drug-likeness (QED) is 0.288. The lowest BCUT2D eigenvalue weighted by molar-refractivity contribution is 0.207. The molecule has 0 N–H and O–H groups in total. The van der Waals surface area contributed by atoms with E-state index in [9.17, 15) is 4.79 Å². The number of rotatable bonds is 6. The van der Waals surface area contributed by atoms with E-state index in [1.165, 1.54) is 4.68 Å². The number of benzene rings is 2. The van der Waals surface area contributed by atoms with E-state index >= 15 is 0 Å². The molecule has 0 saturated heterocycles. The molecule has 2 aromatic carbocycles. The maximum atomic E-state index is 13.4. The molecule has 0 bridgehead atoms. The number of ether oxygens (including phenoxy) is 2. The lowest BCUT2D eigenvalue weighted by Crippen LogP contribution is -2.29. The normalized spacial score (nSPS) is 13.0. The molecule has 0 unspecified atom stereocenters. The highest BCUT2D eigenvalue weighted by Gasteiger charge is 2.23. The number of methoxy groups -OCH3 is 1. The minimum absolute atomic E-state index is 0.0289. The van der Waals surface area contributed by atoms with Crippen LogP contribution in [-0.4, -0.2) is 29.1 Å².